The summed E-state index contributed by atoms with van der Waals surface area (Å²) in [6, 6.07) is 2.68. The summed E-state index contributed by atoms with van der Waals surface area (Å²) in [7, 11) is -1.07. The van der Waals surface area contributed by atoms with Gasteiger partial charge in [-0.3, -0.25) is 0 Å². The summed E-state index contributed by atoms with van der Waals surface area (Å²) in [5.74, 6) is -0.554. The molecule has 1 N–H and O–H groups in total. The molecule has 0 aliphatic rings. The topological polar surface area (TPSA) is 89.9 Å². The monoisotopic (exact) mass is 288 g/mol. The second kappa shape index (κ2) is 5.58. The zero-order chi connectivity index (χ0) is 14.8. The van der Waals surface area contributed by atoms with Crippen molar-refractivity contribution in [3.63, 3.8) is 0 Å². The van der Waals surface area contributed by atoms with E-state index < -0.39 is 21.9 Å². The molecule has 1 unspecified atom stereocenters. The maximum Gasteiger partial charge on any atom is 0.339 e. The van der Waals surface area contributed by atoms with Crippen LogP contribution in [-0.2, 0) is 19.4 Å². The minimum absolute atomic E-state index is 0.0585. The molecule has 0 saturated heterocycles. The SMILES string of the molecule is COC(=O)C(O)c1cc(OC)c(C)cc1S(C)(=O)=O. The first kappa shape index (κ1) is 15.5. The van der Waals surface area contributed by atoms with E-state index in [4.69, 9.17) is 4.74 Å². The summed E-state index contributed by atoms with van der Waals surface area (Å²) >= 11 is 0. The number of hydrogen-bond donors (Lipinski definition) is 1. The fraction of sp³-hybridized carbons (Fsp3) is 0.417. The first-order valence-electron chi connectivity index (χ1n) is 5.36. The van der Waals surface area contributed by atoms with Crippen molar-refractivity contribution in [2.75, 3.05) is 20.5 Å². The zero-order valence-electron chi connectivity index (χ0n) is 11.1. The number of hydrogen-bond acceptors (Lipinski definition) is 6. The number of sulfone groups is 1. The first-order valence-corrected chi connectivity index (χ1v) is 7.26. The molecule has 0 saturated carbocycles. The highest BCUT2D eigenvalue weighted by molar-refractivity contribution is 7.90. The van der Waals surface area contributed by atoms with Gasteiger partial charge in [0.25, 0.3) is 0 Å². The van der Waals surface area contributed by atoms with Gasteiger partial charge in [0.15, 0.2) is 15.9 Å². The predicted octanol–water partition coefficient (Wildman–Crippen LogP) is 0.614. The van der Waals surface area contributed by atoms with Crippen LogP contribution in [0.25, 0.3) is 0 Å². The molecule has 0 radical (unpaired) electrons. The highest BCUT2D eigenvalue weighted by Crippen LogP contribution is 2.30. The van der Waals surface area contributed by atoms with E-state index >= 15 is 0 Å². The highest BCUT2D eigenvalue weighted by Gasteiger charge is 2.26. The van der Waals surface area contributed by atoms with Gasteiger partial charge < -0.3 is 14.6 Å². The summed E-state index contributed by atoms with van der Waals surface area (Å²) in [4.78, 5) is 11.2. The van der Waals surface area contributed by atoms with E-state index in [2.05, 4.69) is 4.74 Å². The van der Waals surface area contributed by atoms with Crippen molar-refractivity contribution < 1.29 is 27.8 Å². The van der Waals surface area contributed by atoms with Gasteiger partial charge >= 0.3 is 5.97 Å². The second-order valence-electron chi connectivity index (χ2n) is 4.06. The summed E-state index contributed by atoms with van der Waals surface area (Å²) in [5.41, 5.74) is 0.528. The van der Waals surface area contributed by atoms with Crippen LogP contribution >= 0.6 is 0 Å². The van der Waals surface area contributed by atoms with Crippen molar-refractivity contribution in [2.24, 2.45) is 0 Å². The summed E-state index contributed by atoms with van der Waals surface area (Å²) in [5, 5.41) is 9.85. The minimum atomic E-state index is -3.59. The van der Waals surface area contributed by atoms with Crippen LogP contribution < -0.4 is 4.74 Å². The molecule has 7 heteroatoms. The number of rotatable bonds is 4. The third-order valence-corrected chi connectivity index (χ3v) is 3.80. The number of carbonyl (C=O) groups excluding carboxylic acids is 1. The van der Waals surface area contributed by atoms with E-state index in [1.807, 2.05) is 0 Å². The molecule has 0 aromatic heterocycles. The minimum Gasteiger partial charge on any atom is -0.496 e. The van der Waals surface area contributed by atoms with Crippen LogP contribution in [0.5, 0.6) is 5.75 Å². The molecular weight excluding hydrogens is 272 g/mol. The number of carbonyl (C=O) groups is 1. The van der Waals surface area contributed by atoms with Crippen molar-refractivity contribution in [1.82, 2.24) is 0 Å². The Labute approximate surface area is 111 Å². The molecule has 106 valence electrons. The lowest BCUT2D eigenvalue weighted by Crippen LogP contribution is -2.17. The fourth-order valence-electron chi connectivity index (χ4n) is 1.67. The van der Waals surface area contributed by atoms with Crippen LogP contribution in [0.3, 0.4) is 0 Å². The molecule has 0 fully saturated rings. The molecule has 1 aromatic carbocycles. The fourth-order valence-corrected chi connectivity index (χ4v) is 2.66. The largest absolute Gasteiger partial charge is 0.496 e. The zero-order valence-corrected chi connectivity index (χ0v) is 11.9. The summed E-state index contributed by atoms with van der Waals surface area (Å²) < 4.78 is 32.9. The quantitative estimate of drug-likeness (QED) is 0.817. The van der Waals surface area contributed by atoms with Crippen molar-refractivity contribution in [3.8, 4) is 5.75 Å². The molecule has 0 bridgehead atoms. The van der Waals surface area contributed by atoms with Gasteiger partial charge in [0.05, 0.1) is 19.1 Å². The Kier molecular flexibility index (Phi) is 4.54. The smallest absolute Gasteiger partial charge is 0.339 e. The van der Waals surface area contributed by atoms with E-state index in [9.17, 15) is 18.3 Å². The number of methoxy groups -OCH3 is 2. The van der Waals surface area contributed by atoms with Gasteiger partial charge in [0, 0.05) is 11.8 Å². The maximum atomic E-state index is 11.7. The Morgan fingerprint density at radius 2 is 1.89 bits per heavy atom. The van der Waals surface area contributed by atoms with E-state index in [-0.39, 0.29) is 10.5 Å². The number of ether oxygens (including phenoxy) is 2. The standard InChI is InChI=1S/C12H16O6S/c1-7-5-10(19(4,15)16)8(6-9(7)17-2)11(13)12(14)18-3/h5-6,11,13H,1-4H3. The van der Waals surface area contributed by atoms with Gasteiger partial charge in [-0.1, -0.05) is 0 Å². The molecule has 1 aromatic rings. The van der Waals surface area contributed by atoms with Crippen molar-refractivity contribution in [2.45, 2.75) is 17.9 Å². The number of aliphatic hydroxyl groups is 1. The van der Waals surface area contributed by atoms with E-state index in [1.165, 1.54) is 19.2 Å². The number of benzene rings is 1. The molecule has 19 heavy (non-hydrogen) atoms. The van der Waals surface area contributed by atoms with Crippen molar-refractivity contribution in [1.29, 1.82) is 0 Å². The van der Waals surface area contributed by atoms with Gasteiger partial charge in [0.1, 0.15) is 5.75 Å². The predicted molar refractivity (Wildman–Crippen MR) is 67.8 cm³/mol. The summed E-state index contributed by atoms with van der Waals surface area (Å²) in [6.07, 6.45) is -0.675. The molecular formula is C12H16O6S. The lowest BCUT2D eigenvalue weighted by atomic mass is 10.1. The lowest BCUT2D eigenvalue weighted by molar-refractivity contribution is -0.150. The van der Waals surface area contributed by atoms with Gasteiger partial charge in [-0.05, 0) is 24.6 Å². The van der Waals surface area contributed by atoms with Crippen LogP contribution in [0, 0.1) is 6.92 Å². The highest BCUT2D eigenvalue weighted by atomic mass is 32.2. The van der Waals surface area contributed by atoms with Crippen LogP contribution in [-0.4, -0.2) is 40.0 Å². The van der Waals surface area contributed by atoms with Crippen molar-refractivity contribution in [3.05, 3.63) is 23.3 Å². The summed E-state index contributed by atoms with van der Waals surface area (Å²) in [6.45, 7) is 1.67. The third-order valence-electron chi connectivity index (χ3n) is 2.65. The first-order chi connectivity index (χ1) is 8.72. The molecule has 6 nitrogen and oxygen atoms in total. The number of aryl methyl sites for hydroxylation is 1. The lowest BCUT2D eigenvalue weighted by Gasteiger charge is -2.16. The Balaban J connectivity index is 3.55. The van der Waals surface area contributed by atoms with Gasteiger partial charge in [-0.2, -0.15) is 0 Å². The molecule has 0 aliphatic heterocycles. The molecule has 0 heterocycles. The third kappa shape index (κ3) is 3.24. The average molecular weight is 288 g/mol. The van der Waals surface area contributed by atoms with Crippen LogP contribution in [0.2, 0.25) is 0 Å². The Morgan fingerprint density at radius 3 is 2.32 bits per heavy atom. The normalized spacial score (nSPS) is 12.9. The molecule has 0 spiro atoms. The van der Waals surface area contributed by atoms with Gasteiger partial charge in [-0.15, -0.1) is 0 Å². The maximum absolute atomic E-state index is 11.7. The number of aliphatic hydroxyl groups excluding tert-OH is 1. The second-order valence-corrected chi connectivity index (χ2v) is 6.04. The number of esters is 1. The Hall–Kier alpha value is -1.60. The van der Waals surface area contributed by atoms with Crippen LogP contribution in [0.15, 0.2) is 17.0 Å². The van der Waals surface area contributed by atoms with E-state index in [0.29, 0.717) is 11.3 Å². The molecule has 0 amide bonds. The molecule has 0 aliphatic carbocycles. The average Bonchev–Trinajstić information content (AvgIpc) is 2.35. The van der Waals surface area contributed by atoms with Crippen molar-refractivity contribution >= 4 is 15.8 Å². The van der Waals surface area contributed by atoms with Gasteiger partial charge in [-0.25, -0.2) is 13.2 Å². The van der Waals surface area contributed by atoms with Crippen LogP contribution in [0.1, 0.15) is 17.2 Å². The Morgan fingerprint density at radius 1 is 1.32 bits per heavy atom. The van der Waals surface area contributed by atoms with E-state index in [0.717, 1.165) is 13.4 Å². The van der Waals surface area contributed by atoms with Crippen LogP contribution in [0.4, 0.5) is 0 Å². The molecule has 1 atom stereocenters. The van der Waals surface area contributed by atoms with Gasteiger partial charge in [0.2, 0.25) is 0 Å². The molecule has 1 rings (SSSR count). The Bertz CT molecular complexity index is 590. The van der Waals surface area contributed by atoms with E-state index in [1.54, 1.807) is 6.92 Å².